The van der Waals surface area contributed by atoms with Gasteiger partial charge in [0.05, 0.1) is 11.3 Å². The molecule has 1 aliphatic heterocycles. The van der Waals surface area contributed by atoms with Gasteiger partial charge in [0.2, 0.25) is 11.8 Å². The third kappa shape index (κ3) is 3.05. The van der Waals surface area contributed by atoms with Gasteiger partial charge < -0.3 is 15.2 Å². The average molecular weight is 365 g/mol. The molecule has 1 aromatic heterocycles. The summed E-state index contributed by atoms with van der Waals surface area (Å²) in [7, 11) is 0. The Balaban J connectivity index is 1.83. The minimum Gasteiger partial charge on any atom is -0.338 e. The quantitative estimate of drug-likeness (QED) is 0.835. The lowest BCUT2D eigenvalue weighted by molar-refractivity contribution is -0.118. The van der Waals surface area contributed by atoms with Crippen molar-refractivity contribution in [3.8, 4) is 0 Å². The van der Waals surface area contributed by atoms with Crippen LogP contribution in [0.1, 0.15) is 56.4 Å². The maximum absolute atomic E-state index is 13.1. The molecule has 1 amide bonds. The summed E-state index contributed by atoms with van der Waals surface area (Å²) in [6, 6.07) is 7.63. The van der Waals surface area contributed by atoms with Gasteiger partial charge in [-0.2, -0.15) is 0 Å². The van der Waals surface area contributed by atoms with Crippen LogP contribution in [-0.4, -0.2) is 16.8 Å². The zero-order valence-electron chi connectivity index (χ0n) is 16.0. The lowest BCUT2D eigenvalue weighted by atomic mass is 9.69. The van der Waals surface area contributed by atoms with Gasteiger partial charge in [0.25, 0.3) is 0 Å². The molecule has 2 aliphatic rings. The summed E-state index contributed by atoms with van der Waals surface area (Å²) in [5.74, 6) is 0.456. The Bertz CT molecular complexity index is 967. The number of nitrogens with one attached hydrogen (secondary N) is 2. The molecular formula is C21H23N3O3. The number of carbonyl (C=O) groups excluding carboxylic acids is 2. The Morgan fingerprint density at radius 2 is 1.96 bits per heavy atom. The third-order valence-electron chi connectivity index (χ3n) is 5.23. The van der Waals surface area contributed by atoms with Crippen molar-refractivity contribution < 1.29 is 14.1 Å². The second kappa shape index (κ2) is 6.08. The van der Waals surface area contributed by atoms with Crippen molar-refractivity contribution >= 4 is 23.3 Å². The predicted molar refractivity (Wildman–Crippen MR) is 102 cm³/mol. The first-order chi connectivity index (χ1) is 12.7. The first kappa shape index (κ1) is 17.5. The molecule has 2 N–H and O–H groups in total. The Hall–Kier alpha value is -2.89. The number of allylic oxidation sites excluding steroid dienone is 2. The number of benzene rings is 1. The number of amides is 1. The lowest BCUT2D eigenvalue weighted by Crippen LogP contribution is -2.33. The van der Waals surface area contributed by atoms with Gasteiger partial charge in [-0.3, -0.25) is 9.59 Å². The smallest absolute Gasteiger partial charge is 0.233 e. The predicted octanol–water partition coefficient (Wildman–Crippen LogP) is 4.14. The fourth-order valence-corrected chi connectivity index (χ4v) is 4.16. The second-order valence-electron chi connectivity index (χ2n) is 8.21. The Morgan fingerprint density at radius 1 is 1.26 bits per heavy atom. The molecule has 1 aromatic carbocycles. The molecule has 140 valence electrons. The van der Waals surface area contributed by atoms with Crippen LogP contribution < -0.4 is 10.6 Å². The molecule has 1 atom stereocenters. The van der Waals surface area contributed by atoms with Gasteiger partial charge in [-0.05, 0) is 36.5 Å². The summed E-state index contributed by atoms with van der Waals surface area (Å²) in [6.07, 6.45) is 1.31. The molecule has 0 radical (unpaired) electrons. The molecule has 2 aromatic rings. The SMILES string of the molecule is CC(=O)Nc1ccc(C2C3=C(CC(C)(C)CC3=O)Nc3onc(C)c32)cc1. The van der Waals surface area contributed by atoms with E-state index in [0.717, 1.165) is 40.2 Å². The summed E-state index contributed by atoms with van der Waals surface area (Å²) in [6.45, 7) is 7.59. The van der Waals surface area contributed by atoms with Crippen molar-refractivity contribution in [1.29, 1.82) is 0 Å². The van der Waals surface area contributed by atoms with E-state index in [0.29, 0.717) is 12.3 Å². The molecule has 1 unspecified atom stereocenters. The monoisotopic (exact) mass is 365 g/mol. The van der Waals surface area contributed by atoms with E-state index in [4.69, 9.17) is 4.52 Å². The Labute approximate surface area is 158 Å². The highest BCUT2D eigenvalue weighted by Crippen LogP contribution is 2.49. The van der Waals surface area contributed by atoms with Crippen molar-refractivity contribution in [3.05, 3.63) is 52.4 Å². The molecule has 0 fully saturated rings. The molecule has 0 saturated carbocycles. The van der Waals surface area contributed by atoms with Crippen LogP contribution in [0.4, 0.5) is 11.6 Å². The van der Waals surface area contributed by atoms with Crippen LogP contribution in [0.3, 0.4) is 0 Å². The lowest BCUT2D eigenvalue weighted by Gasteiger charge is -2.37. The van der Waals surface area contributed by atoms with Crippen LogP contribution in [0.5, 0.6) is 0 Å². The number of Topliss-reactive ketones (excluding diaryl/α,β-unsaturated/α-hetero) is 1. The largest absolute Gasteiger partial charge is 0.338 e. The number of hydrogen-bond acceptors (Lipinski definition) is 5. The highest BCUT2D eigenvalue weighted by atomic mass is 16.5. The number of carbonyl (C=O) groups is 2. The summed E-state index contributed by atoms with van der Waals surface area (Å²) >= 11 is 0. The van der Waals surface area contributed by atoms with Gasteiger partial charge in [-0.25, -0.2) is 0 Å². The average Bonchev–Trinajstić information content (AvgIpc) is 2.93. The molecule has 6 nitrogen and oxygen atoms in total. The molecule has 0 bridgehead atoms. The normalized spacial score (nSPS) is 20.6. The van der Waals surface area contributed by atoms with Crippen molar-refractivity contribution in [2.45, 2.75) is 46.5 Å². The summed E-state index contributed by atoms with van der Waals surface area (Å²) in [5.41, 5.74) is 5.05. The highest BCUT2D eigenvalue weighted by Gasteiger charge is 2.42. The van der Waals surface area contributed by atoms with Crippen LogP contribution in [0.15, 0.2) is 40.1 Å². The van der Waals surface area contributed by atoms with Crippen molar-refractivity contribution in [3.63, 3.8) is 0 Å². The van der Waals surface area contributed by atoms with Gasteiger partial charge in [0, 0.05) is 36.2 Å². The zero-order chi connectivity index (χ0) is 19.3. The van der Waals surface area contributed by atoms with Crippen molar-refractivity contribution in [2.75, 3.05) is 10.6 Å². The number of fused-ring (bicyclic) bond motifs is 1. The van der Waals surface area contributed by atoms with Crippen molar-refractivity contribution in [1.82, 2.24) is 5.16 Å². The van der Waals surface area contributed by atoms with E-state index < -0.39 is 0 Å². The summed E-state index contributed by atoms with van der Waals surface area (Å²) in [4.78, 5) is 24.4. The van der Waals surface area contributed by atoms with E-state index in [1.807, 2.05) is 31.2 Å². The molecule has 0 spiro atoms. The first-order valence-electron chi connectivity index (χ1n) is 9.12. The summed E-state index contributed by atoms with van der Waals surface area (Å²) in [5, 5.41) is 10.2. The van der Waals surface area contributed by atoms with Gasteiger partial charge in [0.1, 0.15) is 0 Å². The standard InChI is InChI=1S/C21H23N3O3/c1-11-17-18(13-5-7-14(8-6-13)22-12(2)25)19-15(23-20(17)27-24-11)9-21(3,4)10-16(19)26/h5-8,18,23H,9-10H2,1-4H3,(H,22,25). The maximum atomic E-state index is 13.1. The number of anilines is 2. The van der Waals surface area contributed by atoms with E-state index in [1.165, 1.54) is 6.92 Å². The maximum Gasteiger partial charge on any atom is 0.233 e. The minimum atomic E-state index is -0.211. The van der Waals surface area contributed by atoms with E-state index >= 15 is 0 Å². The molecule has 4 rings (SSSR count). The second-order valence-corrected chi connectivity index (χ2v) is 8.21. The van der Waals surface area contributed by atoms with E-state index in [-0.39, 0.29) is 23.0 Å². The topological polar surface area (TPSA) is 84.2 Å². The minimum absolute atomic E-state index is 0.0880. The first-order valence-corrected chi connectivity index (χ1v) is 9.12. The zero-order valence-corrected chi connectivity index (χ0v) is 16.0. The molecule has 0 saturated heterocycles. The van der Waals surface area contributed by atoms with Gasteiger partial charge in [-0.1, -0.05) is 31.1 Å². The van der Waals surface area contributed by atoms with Crippen LogP contribution in [-0.2, 0) is 9.59 Å². The molecule has 1 aliphatic carbocycles. The fourth-order valence-electron chi connectivity index (χ4n) is 4.16. The van der Waals surface area contributed by atoms with Gasteiger partial charge in [0.15, 0.2) is 5.78 Å². The fraction of sp³-hybridized carbons (Fsp3) is 0.381. The number of ketones is 1. The third-order valence-corrected chi connectivity index (χ3v) is 5.23. The Morgan fingerprint density at radius 3 is 2.63 bits per heavy atom. The van der Waals surface area contributed by atoms with Gasteiger partial charge in [-0.15, -0.1) is 0 Å². The van der Waals surface area contributed by atoms with E-state index in [2.05, 4.69) is 29.6 Å². The molecule has 6 heteroatoms. The van der Waals surface area contributed by atoms with E-state index in [9.17, 15) is 9.59 Å². The molecular weight excluding hydrogens is 342 g/mol. The Kier molecular flexibility index (Phi) is 3.94. The van der Waals surface area contributed by atoms with Crippen LogP contribution in [0.2, 0.25) is 0 Å². The van der Waals surface area contributed by atoms with Crippen LogP contribution in [0, 0.1) is 12.3 Å². The highest BCUT2D eigenvalue weighted by molar-refractivity contribution is 6.01. The van der Waals surface area contributed by atoms with Crippen molar-refractivity contribution in [2.24, 2.45) is 5.41 Å². The van der Waals surface area contributed by atoms with Crippen LogP contribution >= 0.6 is 0 Å². The number of rotatable bonds is 2. The molecule has 27 heavy (non-hydrogen) atoms. The number of aromatic nitrogens is 1. The van der Waals surface area contributed by atoms with E-state index in [1.54, 1.807) is 0 Å². The number of aryl methyl sites for hydroxylation is 1. The number of hydrogen-bond donors (Lipinski definition) is 2. The van der Waals surface area contributed by atoms with Crippen LogP contribution in [0.25, 0.3) is 0 Å². The number of nitrogens with zero attached hydrogens (tertiary/aromatic N) is 1. The summed E-state index contributed by atoms with van der Waals surface area (Å²) < 4.78 is 5.50. The van der Waals surface area contributed by atoms with Gasteiger partial charge >= 0.3 is 0 Å². The molecule has 2 heterocycles.